The molecule has 1 aliphatic carbocycles. The summed E-state index contributed by atoms with van der Waals surface area (Å²) in [7, 11) is 0. The smallest absolute Gasteiger partial charge is 0.418 e. The third-order valence-corrected chi connectivity index (χ3v) is 8.78. The van der Waals surface area contributed by atoms with Gasteiger partial charge in [0.2, 0.25) is 0 Å². The Morgan fingerprint density at radius 2 is 1.70 bits per heavy atom. The molecule has 0 spiro atoms. The zero-order valence-electron chi connectivity index (χ0n) is 21.6. The maximum atomic E-state index is 14.2. The lowest BCUT2D eigenvalue weighted by Gasteiger charge is -2.42. The van der Waals surface area contributed by atoms with Gasteiger partial charge >= 0.3 is 12.4 Å². The molecule has 3 aromatic rings. The van der Waals surface area contributed by atoms with Gasteiger partial charge in [0.15, 0.2) is 0 Å². The van der Waals surface area contributed by atoms with Crippen LogP contribution in [0.4, 0.5) is 26.3 Å². The SMILES string of the molecule is C[C@H]1C[C@@](O)(c2ccc(C(F)(F)F)cc2)C[C@@H](COc2cc(C(F)(F)F)c3c(ncn3C3CC(C)(O)C3)c2I)N1. The molecule has 218 valence electrons. The first-order valence-corrected chi connectivity index (χ1v) is 13.8. The van der Waals surface area contributed by atoms with Crippen molar-refractivity contribution in [2.24, 2.45) is 0 Å². The number of nitrogens with zero attached hydrogens (tertiary/aromatic N) is 2. The zero-order chi connectivity index (χ0) is 29.3. The van der Waals surface area contributed by atoms with E-state index in [9.17, 15) is 36.6 Å². The van der Waals surface area contributed by atoms with Crippen molar-refractivity contribution in [1.82, 2.24) is 14.9 Å². The Balaban J connectivity index is 1.39. The first-order chi connectivity index (χ1) is 18.5. The largest absolute Gasteiger partial charge is 0.491 e. The minimum Gasteiger partial charge on any atom is -0.491 e. The quantitative estimate of drug-likeness (QED) is 0.222. The number of alkyl halides is 6. The minimum absolute atomic E-state index is 0.00984. The van der Waals surface area contributed by atoms with Crippen molar-refractivity contribution in [1.29, 1.82) is 0 Å². The molecule has 3 atom stereocenters. The van der Waals surface area contributed by atoms with E-state index in [2.05, 4.69) is 10.3 Å². The maximum absolute atomic E-state index is 14.2. The molecule has 0 bridgehead atoms. The molecule has 3 N–H and O–H groups in total. The van der Waals surface area contributed by atoms with Crippen molar-refractivity contribution in [3.05, 3.63) is 56.9 Å². The molecule has 5 rings (SSSR count). The molecular weight excluding hydrogens is 655 g/mol. The van der Waals surface area contributed by atoms with Gasteiger partial charge in [-0.3, -0.25) is 0 Å². The molecule has 1 aromatic heterocycles. The van der Waals surface area contributed by atoms with Gasteiger partial charge in [-0.15, -0.1) is 0 Å². The maximum Gasteiger partial charge on any atom is 0.418 e. The zero-order valence-corrected chi connectivity index (χ0v) is 23.7. The molecule has 2 heterocycles. The fraction of sp³-hybridized carbons (Fsp3) is 0.519. The highest BCUT2D eigenvalue weighted by molar-refractivity contribution is 14.1. The lowest BCUT2D eigenvalue weighted by atomic mass is 9.77. The molecule has 1 saturated carbocycles. The third-order valence-electron chi connectivity index (χ3n) is 7.74. The van der Waals surface area contributed by atoms with Crippen LogP contribution in [0.15, 0.2) is 36.7 Å². The van der Waals surface area contributed by atoms with Crippen LogP contribution < -0.4 is 10.1 Å². The van der Waals surface area contributed by atoms with Gasteiger partial charge in [-0.1, -0.05) is 12.1 Å². The highest BCUT2D eigenvalue weighted by Crippen LogP contribution is 2.46. The summed E-state index contributed by atoms with van der Waals surface area (Å²) < 4.78 is 89.3. The molecule has 1 saturated heterocycles. The highest BCUT2D eigenvalue weighted by Gasteiger charge is 2.43. The van der Waals surface area contributed by atoms with Crippen molar-refractivity contribution in [2.75, 3.05) is 6.61 Å². The second-order valence-electron chi connectivity index (χ2n) is 11.2. The number of piperidine rings is 1. The van der Waals surface area contributed by atoms with Crippen LogP contribution in [0.1, 0.15) is 62.3 Å². The Labute approximate surface area is 239 Å². The molecule has 0 radical (unpaired) electrons. The van der Waals surface area contributed by atoms with Crippen LogP contribution in [0.2, 0.25) is 0 Å². The summed E-state index contributed by atoms with van der Waals surface area (Å²) in [5, 5.41) is 24.7. The number of fused-ring (bicyclic) bond motifs is 1. The monoisotopic (exact) mass is 683 g/mol. The van der Waals surface area contributed by atoms with Crippen LogP contribution in [-0.4, -0.2) is 44.1 Å². The summed E-state index contributed by atoms with van der Waals surface area (Å²) in [4.78, 5) is 4.26. The molecule has 1 aliphatic heterocycles. The Hall–Kier alpha value is -2.10. The molecular formula is C27H28F6IN3O3. The van der Waals surface area contributed by atoms with Gasteiger partial charge in [0.25, 0.3) is 0 Å². The number of aromatic nitrogens is 2. The van der Waals surface area contributed by atoms with E-state index in [1.807, 2.05) is 29.5 Å². The van der Waals surface area contributed by atoms with Crippen molar-refractivity contribution in [3.8, 4) is 5.75 Å². The predicted molar refractivity (Wildman–Crippen MR) is 143 cm³/mol. The Morgan fingerprint density at radius 3 is 2.27 bits per heavy atom. The fourth-order valence-corrected chi connectivity index (χ4v) is 6.64. The Morgan fingerprint density at radius 1 is 1.05 bits per heavy atom. The number of aliphatic hydroxyl groups is 2. The van der Waals surface area contributed by atoms with E-state index in [-0.39, 0.29) is 48.3 Å². The van der Waals surface area contributed by atoms with E-state index in [0.29, 0.717) is 22.0 Å². The number of hydrogen-bond donors (Lipinski definition) is 3. The van der Waals surface area contributed by atoms with Crippen LogP contribution >= 0.6 is 22.6 Å². The van der Waals surface area contributed by atoms with E-state index >= 15 is 0 Å². The highest BCUT2D eigenvalue weighted by atomic mass is 127. The summed E-state index contributed by atoms with van der Waals surface area (Å²) in [6.07, 6.45) is -6.87. The number of ether oxygens (including phenoxy) is 1. The van der Waals surface area contributed by atoms with Crippen molar-refractivity contribution in [2.45, 2.75) is 81.2 Å². The van der Waals surface area contributed by atoms with E-state index in [4.69, 9.17) is 4.74 Å². The topological polar surface area (TPSA) is 79.5 Å². The number of halogens is 7. The van der Waals surface area contributed by atoms with Crippen LogP contribution in [0.3, 0.4) is 0 Å². The van der Waals surface area contributed by atoms with Crippen molar-refractivity contribution in [3.63, 3.8) is 0 Å². The summed E-state index contributed by atoms with van der Waals surface area (Å²) in [6, 6.07) is 4.26. The lowest BCUT2D eigenvalue weighted by Crippen LogP contribution is -2.53. The average Bonchev–Trinajstić information content (AvgIpc) is 3.25. The number of nitrogens with one attached hydrogen (secondary N) is 1. The van der Waals surface area contributed by atoms with Crippen LogP contribution in [0.25, 0.3) is 11.0 Å². The second-order valence-corrected chi connectivity index (χ2v) is 12.3. The van der Waals surface area contributed by atoms with Gasteiger partial charge in [-0.25, -0.2) is 4.98 Å². The molecule has 40 heavy (non-hydrogen) atoms. The molecule has 6 nitrogen and oxygen atoms in total. The molecule has 0 amide bonds. The van der Waals surface area contributed by atoms with Crippen LogP contribution in [0.5, 0.6) is 5.75 Å². The van der Waals surface area contributed by atoms with Crippen molar-refractivity contribution < 1.29 is 41.3 Å². The number of rotatable bonds is 5. The van der Waals surface area contributed by atoms with Crippen LogP contribution in [0, 0.1) is 3.57 Å². The molecule has 2 aliphatic rings. The van der Waals surface area contributed by atoms with E-state index in [1.165, 1.54) is 23.0 Å². The predicted octanol–water partition coefficient (Wildman–Crippen LogP) is 6.17. The third kappa shape index (κ3) is 5.66. The van der Waals surface area contributed by atoms with Crippen LogP contribution in [-0.2, 0) is 18.0 Å². The van der Waals surface area contributed by atoms with E-state index < -0.39 is 40.7 Å². The van der Waals surface area contributed by atoms with Crippen molar-refractivity contribution >= 4 is 33.6 Å². The van der Waals surface area contributed by atoms with Gasteiger partial charge in [-0.2, -0.15) is 26.3 Å². The number of imidazole rings is 1. The molecule has 2 fully saturated rings. The number of benzene rings is 2. The second kappa shape index (κ2) is 10.0. The summed E-state index contributed by atoms with van der Waals surface area (Å²) in [6.45, 7) is 3.36. The lowest BCUT2D eigenvalue weighted by molar-refractivity contribution is -0.138. The first kappa shape index (κ1) is 29.4. The Bertz CT molecular complexity index is 1400. The fourth-order valence-electron chi connectivity index (χ4n) is 5.94. The molecule has 2 aromatic carbocycles. The molecule has 13 heteroatoms. The van der Waals surface area contributed by atoms with Gasteiger partial charge in [-0.05, 0) is 85.9 Å². The van der Waals surface area contributed by atoms with Gasteiger partial charge < -0.3 is 24.8 Å². The standard InChI is InChI=1S/C27H28F6IN3O3/c1-14-8-25(39,15-3-5-16(6-4-15)26(28,29)30)9-17(36-14)12-40-20-7-19(27(31,32)33)23-22(21(20)34)35-13-37(23)18-10-24(2,38)11-18/h3-7,13-14,17-18,36,38-39H,8-12H2,1-2H3/t14-,17-,18?,24?,25-/m0/s1. The summed E-state index contributed by atoms with van der Waals surface area (Å²) >= 11 is 1.90. The minimum atomic E-state index is -4.69. The van der Waals surface area contributed by atoms with Gasteiger partial charge in [0, 0.05) is 18.1 Å². The molecule has 0 unspecified atom stereocenters. The average molecular weight is 683 g/mol. The van der Waals surface area contributed by atoms with Gasteiger partial charge in [0.05, 0.1) is 37.7 Å². The van der Waals surface area contributed by atoms with E-state index in [1.54, 1.807) is 6.92 Å². The van der Waals surface area contributed by atoms with E-state index in [0.717, 1.165) is 18.2 Å². The summed E-state index contributed by atoms with van der Waals surface area (Å²) in [5.74, 6) is -0.00984. The number of hydrogen-bond acceptors (Lipinski definition) is 5. The van der Waals surface area contributed by atoms with Gasteiger partial charge in [0.1, 0.15) is 17.9 Å². The Kier molecular flexibility index (Phi) is 7.36. The first-order valence-electron chi connectivity index (χ1n) is 12.7. The summed E-state index contributed by atoms with van der Waals surface area (Å²) in [5.41, 5.74) is -3.68. The normalized spacial score (nSPS) is 29.4.